The summed E-state index contributed by atoms with van der Waals surface area (Å²) in [4.78, 5) is 0. The Labute approximate surface area is 65.6 Å². The topological polar surface area (TPSA) is 12.0 Å². The molecule has 0 bridgehead atoms. The van der Waals surface area contributed by atoms with E-state index in [0.29, 0.717) is 19.4 Å². The second-order valence-corrected chi connectivity index (χ2v) is 2.69. The van der Waals surface area contributed by atoms with Crippen LogP contribution in [-0.4, -0.2) is 20.0 Å². The van der Waals surface area contributed by atoms with Gasteiger partial charge in [-0.05, 0) is 19.9 Å². The minimum atomic E-state index is -2.13. The van der Waals surface area contributed by atoms with E-state index in [-0.39, 0.29) is 12.4 Å². The van der Waals surface area contributed by atoms with E-state index in [2.05, 4.69) is 5.32 Å². The molecule has 1 saturated carbocycles. The predicted molar refractivity (Wildman–Crippen MR) is 38.8 cm³/mol. The molecule has 1 rings (SSSR count). The van der Waals surface area contributed by atoms with Crippen molar-refractivity contribution in [2.24, 2.45) is 5.41 Å². The number of hydrogen-bond acceptors (Lipinski definition) is 1. The van der Waals surface area contributed by atoms with Crippen LogP contribution in [0.2, 0.25) is 0 Å². The van der Waals surface area contributed by atoms with Gasteiger partial charge in [-0.15, -0.1) is 12.4 Å². The molecule has 10 heavy (non-hydrogen) atoms. The third-order valence-corrected chi connectivity index (χ3v) is 1.88. The van der Waals surface area contributed by atoms with E-state index in [0.717, 1.165) is 0 Å². The fourth-order valence-corrected chi connectivity index (χ4v) is 0.985. The highest BCUT2D eigenvalue weighted by molar-refractivity contribution is 5.85. The van der Waals surface area contributed by atoms with Crippen molar-refractivity contribution in [2.45, 2.75) is 19.3 Å². The van der Waals surface area contributed by atoms with E-state index >= 15 is 0 Å². The van der Waals surface area contributed by atoms with Gasteiger partial charge in [0, 0.05) is 12.0 Å². The smallest absolute Gasteiger partial charge is 0.245 e. The van der Waals surface area contributed by atoms with Crippen molar-refractivity contribution in [3.63, 3.8) is 0 Å². The van der Waals surface area contributed by atoms with Crippen LogP contribution in [0, 0.1) is 5.41 Å². The molecule has 0 amide bonds. The van der Waals surface area contributed by atoms with Gasteiger partial charge in [0.1, 0.15) is 0 Å². The molecule has 0 radical (unpaired) electrons. The molecule has 0 spiro atoms. The minimum absolute atomic E-state index is 0. The Kier molecular flexibility index (Phi) is 3.52. The van der Waals surface area contributed by atoms with Gasteiger partial charge in [-0.25, -0.2) is 8.78 Å². The maximum Gasteiger partial charge on any atom is 0.245 e. The molecule has 0 unspecified atom stereocenters. The van der Waals surface area contributed by atoms with Gasteiger partial charge < -0.3 is 5.32 Å². The van der Waals surface area contributed by atoms with Crippen LogP contribution < -0.4 is 5.32 Å². The number of nitrogens with one attached hydrogen (secondary N) is 1. The lowest BCUT2D eigenvalue weighted by Crippen LogP contribution is -2.26. The molecule has 4 heteroatoms. The van der Waals surface area contributed by atoms with Crippen LogP contribution >= 0.6 is 12.4 Å². The molecule has 1 aliphatic rings. The molecule has 0 aromatic carbocycles. The lowest BCUT2D eigenvalue weighted by molar-refractivity contribution is 0.0625. The summed E-state index contributed by atoms with van der Waals surface area (Å²) in [5.74, 6) is 0. The normalized spacial score (nSPS) is 20.4. The average Bonchev–Trinajstić information content (AvgIpc) is 2.49. The molecule has 0 aliphatic heterocycles. The third kappa shape index (κ3) is 1.80. The highest BCUT2D eigenvalue weighted by Crippen LogP contribution is 2.49. The maximum absolute atomic E-state index is 12.0. The quantitative estimate of drug-likeness (QED) is 0.681. The van der Waals surface area contributed by atoms with Gasteiger partial charge in [-0.3, -0.25) is 0 Å². The fourth-order valence-electron chi connectivity index (χ4n) is 0.985. The Morgan fingerprint density at radius 3 is 2.10 bits per heavy atom. The molecular formula is C6H12ClF2N. The molecular weight excluding hydrogens is 160 g/mol. The molecule has 1 aliphatic carbocycles. The van der Waals surface area contributed by atoms with Crippen molar-refractivity contribution in [1.82, 2.24) is 5.32 Å². The number of hydrogen-bond donors (Lipinski definition) is 1. The highest BCUT2D eigenvalue weighted by Gasteiger charge is 2.50. The second kappa shape index (κ2) is 3.49. The molecule has 0 aromatic rings. The summed E-state index contributed by atoms with van der Waals surface area (Å²) in [5, 5.41) is 2.77. The van der Waals surface area contributed by atoms with E-state index in [1.54, 1.807) is 7.05 Å². The Balaban J connectivity index is 0.000000810. The lowest BCUT2D eigenvalue weighted by Gasteiger charge is -2.11. The summed E-state index contributed by atoms with van der Waals surface area (Å²) in [6.07, 6.45) is -0.762. The van der Waals surface area contributed by atoms with Gasteiger partial charge in [0.05, 0.1) is 0 Å². The second-order valence-electron chi connectivity index (χ2n) is 2.69. The van der Waals surface area contributed by atoms with Crippen molar-refractivity contribution in [1.29, 1.82) is 0 Å². The molecule has 0 heterocycles. The Morgan fingerprint density at radius 2 is 2.00 bits per heavy atom. The minimum Gasteiger partial charge on any atom is -0.319 e. The van der Waals surface area contributed by atoms with Gasteiger partial charge in [-0.1, -0.05) is 0 Å². The molecule has 0 saturated heterocycles. The summed E-state index contributed by atoms with van der Waals surface area (Å²) < 4.78 is 24.0. The number of rotatable bonds is 3. The number of halogens is 3. The summed E-state index contributed by atoms with van der Waals surface area (Å²) in [7, 11) is 1.71. The van der Waals surface area contributed by atoms with Crippen LogP contribution in [0.3, 0.4) is 0 Å². The van der Waals surface area contributed by atoms with Crippen LogP contribution in [0.4, 0.5) is 8.78 Å². The van der Waals surface area contributed by atoms with Crippen molar-refractivity contribution in [2.75, 3.05) is 13.6 Å². The zero-order valence-electron chi connectivity index (χ0n) is 5.86. The van der Waals surface area contributed by atoms with Crippen LogP contribution in [0.5, 0.6) is 0 Å². The summed E-state index contributed by atoms with van der Waals surface area (Å²) in [5.41, 5.74) is -0.644. The zero-order valence-corrected chi connectivity index (χ0v) is 6.68. The van der Waals surface area contributed by atoms with Crippen LogP contribution in [0.1, 0.15) is 12.8 Å². The molecule has 62 valence electrons. The summed E-state index contributed by atoms with van der Waals surface area (Å²) in [6.45, 7) is 0.463. The van der Waals surface area contributed by atoms with Crippen LogP contribution in [-0.2, 0) is 0 Å². The maximum atomic E-state index is 12.0. The SMILES string of the molecule is CNCC1(C(F)F)CC1.Cl. The first kappa shape index (κ1) is 10.1. The summed E-state index contributed by atoms with van der Waals surface area (Å²) >= 11 is 0. The molecule has 0 aromatic heterocycles. The van der Waals surface area contributed by atoms with Gasteiger partial charge in [0.2, 0.25) is 6.43 Å². The van der Waals surface area contributed by atoms with Gasteiger partial charge >= 0.3 is 0 Å². The van der Waals surface area contributed by atoms with Gasteiger partial charge in [0.15, 0.2) is 0 Å². The van der Waals surface area contributed by atoms with E-state index in [1.807, 2.05) is 0 Å². The Hall–Kier alpha value is 0.110. The average molecular weight is 172 g/mol. The van der Waals surface area contributed by atoms with Crippen LogP contribution in [0.15, 0.2) is 0 Å². The first-order valence-corrected chi connectivity index (χ1v) is 3.14. The van der Waals surface area contributed by atoms with Gasteiger partial charge in [0.25, 0.3) is 0 Å². The largest absolute Gasteiger partial charge is 0.319 e. The van der Waals surface area contributed by atoms with E-state index in [4.69, 9.17) is 0 Å². The third-order valence-electron chi connectivity index (χ3n) is 1.88. The Bertz CT molecular complexity index is 104. The first-order chi connectivity index (χ1) is 4.21. The highest BCUT2D eigenvalue weighted by atomic mass is 35.5. The molecule has 1 N–H and O–H groups in total. The van der Waals surface area contributed by atoms with E-state index in [1.165, 1.54) is 0 Å². The van der Waals surface area contributed by atoms with Gasteiger partial charge in [-0.2, -0.15) is 0 Å². The fraction of sp³-hybridized carbons (Fsp3) is 1.00. The van der Waals surface area contributed by atoms with Crippen molar-refractivity contribution in [3.8, 4) is 0 Å². The van der Waals surface area contributed by atoms with E-state index < -0.39 is 11.8 Å². The van der Waals surface area contributed by atoms with Crippen molar-refractivity contribution in [3.05, 3.63) is 0 Å². The standard InChI is InChI=1S/C6H11F2N.ClH/c1-9-4-6(2-3-6)5(7)8;/h5,9H,2-4H2,1H3;1H. The summed E-state index contributed by atoms with van der Waals surface area (Å²) in [6, 6.07) is 0. The molecule has 1 nitrogen and oxygen atoms in total. The molecule has 0 atom stereocenters. The monoisotopic (exact) mass is 171 g/mol. The van der Waals surface area contributed by atoms with Crippen LogP contribution in [0.25, 0.3) is 0 Å². The number of alkyl halides is 2. The van der Waals surface area contributed by atoms with Crippen molar-refractivity contribution < 1.29 is 8.78 Å². The first-order valence-electron chi connectivity index (χ1n) is 3.14. The van der Waals surface area contributed by atoms with E-state index in [9.17, 15) is 8.78 Å². The lowest BCUT2D eigenvalue weighted by atomic mass is 10.1. The predicted octanol–water partition coefficient (Wildman–Crippen LogP) is 1.67. The Morgan fingerprint density at radius 1 is 1.50 bits per heavy atom. The zero-order chi connectivity index (χ0) is 6.91. The van der Waals surface area contributed by atoms with Crippen molar-refractivity contribution >= 4 is 12.4 Å². The molecule has 1 fully saturated rings.